The number of aliphatic hydroxyl groups is 2. The summed E-state index contributed by atoms with van der Waals surface area (Å²) in [5, 5.41) is 22.9. The normalized spacial score (nSPS) is 23.4. The van der Waals surface area contributed by atoms with Crippen LogP contribution in [-0.4, -0.2) is 54.5 Å². The summed E-state index contributed by atoms with van der Waals surface area (Å²) >= 11 is 1.34. The molecule has 15 heteroatoms. The first kappa shape index (κ1) is 30.8. The van der Waals surface area contributed by atoms with Crippen molar-refractivity contribution in [3.05, 3.63) is 107 Å². The first-order valence-electron chi connectivity index (χ1n) is 12.8. The number of phosphoric acid groups is 1. The van der Waals surface area contributed by atoms with Crippen LogP contribution in [-0.2, 0) is 34.6 Å². The maximum atomic E-state index is 12.7. The molecule has 3 aromatic carbocycles. The van der Waals surface area contributed by atoms with Gasteiger partial charge in [0, 0.05) is 11.9 Å². The highest BCUT2D eigenvalue weighted by molar-refractivity contribution is 7.98. The number of ether oxygens (including phenoxy) is 1. The highest BCUT2D eigenvalue weighted by Crippen LogP contribution is 2.61. The predicted molar refractivity (Wildman–Crippen MR) is 155 cm³/mol. The molecule has 0 spiro atoms. The zero-order valence-corrected chi connectivity index (χ0v) is 24.6. The van der Waals surface area contributed by atoms with Gasteiger partial charge < -0.3 is 24.7 Å². The monoisotopic (exact) mass is 634 g/mol. The van der Waals surface area contributed by atoms with E-state index in [-0.39, 0.29) is 0 Å². The first-order valence-corrected chi connectivity index (χ1v) is 17.0. The van der Waals surface area contributed by atoms with Crippen LogP contribution >= 0.6 is 27.2 Å². The summed E-state index contributed by atoms with van der Waals surface area (Å²) in [4.78, 5) is 37.2. The van der Waals surface area contributed by atoms with E-state index in [0.29, 0.717) is 21.7 Å². The number of phosphoric ester groups is 1. The zero-order chi connectivity index (χ0) is 29.9. The Kier molecular flexibility index (Phi) is 9.46. The van der Waals surface area contributed by atoms with Gasteiger partial charge in [-0.05, 0) is 28.0 Å². The number of aromatic nitrogens is 2. The van der Waals surface area contributed by atoms with Gasteiger partial charge in [-0.2, -0.15) is 4.98 Å². The van der Waals surface area contributed by atoms with Crippen LogP contribution in [0, 0.1) is 0 Å². The number of nitrogens with zero attached hydrogens (tertiary/aromatic N) is 2. The molecular formula is C27H28N2O10P2S. The molecule has 0 aliphatic carbocycles. The molecule has 0 radical (unpaired) electrons. The first-order chi connectivity index (χ1) is 20.0. The lowest BCUT2D eigenvalue weighted by Gasteiger charge is -2.20. The van der Waals surface area contributed by atoms with E-state index < -0.39 is 58.4 Å². The zero-order valence-electron chi connectivity index (χ0n) is 21.9. The summed E-state index contributed by atoms with van der Waals surface area (Å²) in [5.74, 6) is 0.587. The third kappa shape index (κ3) is 7.45. The van der Waals surface area contributed by atoms with Crippen LogP contribution in [0.25, 0.3) is 10.8 Å². The standard InChI is InChI=1S/C27H28N2O10P2S/c30-24-22(15-37-41(35,36)39-40(33,34)16-20-11-6-10-19-9-4-5-12-21(19)20)38-26(25(24)31)29-14-13-23(28-27(29)32)42-17-18-7-2-1-3-8-18/h1-14,22,24-26,30-31H,15-17H2,(H,33,34)(H,35,36)/t22-,24?,25?,26-/m1/s1. The third-order valence-electron chi connectivity index (χ3n) is 6.53. The number of rotatable bonds is 11. The number of thioether (sulfide) groups is 1. The number of aliphatic hydroxyl groups excluding tert-OH is 2. The van der Waals surface area contributed by atoms with E-state index in [0.717, 1.165) is 15.5 Å². The Balaban J connectivity index is 1.19. The second-order valence-corrected chi connectivity index (χ2v) is 14.0. The van der Waals surface area contributed by atoms with Crippen molar-refractivity contribution < 1.29 is 42.7 Å². The average molecular weight is 635 g/mol. The molecule has 1 aromatic heterocycles. The number of fused-ring (bicyclic) bond motifs is 1. The molecule has 42 heavy (non-hydrogen) atoms. The van der Waals surface area contributed by atoms with Gasteiger partial charge >= 0.3 is 21.1 Å². The van der Waals surface area contributed by atoms with Crippen molar-refractivity contribution in [3.63, 3.8) is 0 Å². The van der Waals surface area contributed by atoms with Crippen LogP contribution in [0.15, 0.2) is 94.9 Å². The predicted octanol–water partition coefficient (Wildman–Crippen LogP) is 3.83. The van der Waals surface area contributed by atoms with Gasteiger partial charge in [0.05, 0.1) is 12.8 Å². The van der Waals surface area contributed by atoms with Crippen molar-refractivity contribution in [1.29, 1.82) is 0 Å². The van der Waals surface area contributed by atoms with E-state index in [1.165, 1.54) is 18.0 Å². The van der Waals surface area contributed by atoms with Crippen molar-refractivity contribution in [3.8, 4) is 0 Å². The number of benzene rings is 3. The van der Waals surface area contributed by atoms with Crippen LogP contribution in [0.5, 0.6) is 0 Å². The molecule has 2 heterocycles. The average Bonchev–Trinajstić information content (AvgIpc) is 3.24. The highest BCUT2D eigenvalue weighted by atomic mass is 32.2. The van der Waals surface area contributed by atoms with Gasteiger partial charge in [-0.15, -0.1) is 11.8 Å². The molecule has 222 valence electrons. The molecule has 1 fully saturated rings. The van der Waals surface area contributed by atoms with Crippen LogP contribution in [0.2, 0.25) is 0 Å². The van der Waals surface area contributed by atoms with E-state index in [1.54, 1.807) is 30.3 Å². The maximum absolute atomic E-state index is 12.7. The van der Waals surface area contributed by atoms with Crippen LogP contribution in [0.3, 0.4) is 0 Å². The smallest absolute Gasteiger partial charge is 0.387 e. The summed E-state index contributed by atoms with van der Waals surface area (Å²) in [6, 6.07) is 23.4. The molecule has 0 saturated carbocycles. The Morgan fingerprint density at radius 2 is 1.64 bits per heavy atom. The quantitative estimate of drug-likeness (QED) is 0.107. The van der Waals surface area contributed by atoms with Crippen molar-refractivity contribution in [2.75, 3.05) is 6.61 Å². The molecular weight excluding hydrogens is 606 g/mol. The van der Waals surface area contributed by atoms with E-state index >= 15 is 0 Å². The molecule has 4 unspecified atom stereocenters. The minimum Gasteiger partial charge on any atom is -0.387 e. The summed E-state index contributed by atoms with van der Waals surface area (Å²) in [7, 11) is -9.79. The number of hydrogen-bond donors (Lipinski definition) is 4. The minimum absolute atomic E-state index is 0.433. The molecule has 4 aromatic rings. The molecule has 5 rings (SSSR count). The second-order valence-electron chi connectivity index (χ2n) is 9.56. The Labute approximate surface area is 244 Å². The summed E-state index contributed by atoms with van der Waals surface area (Å²) in [5.41, 5.74) is 0.741. The molecule has 4 N–H and O–H groups in total. The van der Waals surface area contributed by atoms with Gasteiger partial charge in [0.15, 0.2) is 6.23 Å². The molecule has 12 nitrogen and oxygen atoms in total. The maximum Gasteiger partial charge on any atom is 0.479 e. The fraction of sp³-hybridized carbons (Fsp3) is 0.259. The lowest BCUT2D eigenvalue weighted by Crippen LogP contribution is -2.36. The number of hydrogen-bond acceptors (Lipinski definition) is 10. The SMILES string of the molecule is O=c1nc(SCc2ccccc2)ccn1[C@@H]1O[C@H](COP(=O)(O)OP(=O)(O)Cc2cccc3ccccc23)C(O)C1O. The summed E-state index contributed by atoms with van der Waals surface area (Å²) < 4.78 is 41.3. The molecule has 1 aliphatic rings. The van der Waals surface area contributed by atoms with Crippen LogP contribution in [0.1, 0.15) is 17.4 Å². The van der Waals surface area contributed by atoms with Crippen LogP contribution in [0.4, 0.5) is 0 Å². The molecule has 6 atom stereocenters. The Bertz CT molecular complexity index is 1700. The van der Waals surface area contributed by atoms with Gasteiger partial charge in [0.25, 0.3) is 0 Å². The second kappa shape index (κ2) is 12.9. The fourth-order valence-electron chi connectivity index (χ4n) is 4.53. The van der Waals surface area contributed by atoms with Gasteiger partial charge in [-0.1, -0.05) is 72.8 Å². The van der Waals surface area contributed by atoms with E-state index in [4.69, 9.17) is 9.26 Å². The van der Waals surface area contributed by atoms with E-state index in [2.05, 4.69) is 9.29 Å². The molecule has 0 amide bonds. The van der Waals surface area contributed by atoms with Gasteiger partial charge in [-0.25, -0.2) is 13.7 Å². The lowest BCUT2D eigenvalue weighted by molar-refractivity contribution is -0.0542. The van der Waals surface area contributed by atoms with Gasteiger partial charge in [-0.3, -0.25) is 13.7 Å². The van der Waals surface area contributed by atoms with E-state index in [1.807, 2.05) is 48.5 Å². The van der Waals surface area contributed by atoms with Crippen LogP contribution < -0.4 is 5.69 Å². The summed E-state index contributed by atoms with van der Waals surface area (Å²) in [6.07, 6.45) is -5.15. The Morgan fingerprint density at radius 1 is 0.929 bits per heavy atom. The fourth-order valence-corrected chi connectivity index (χ4v) is 8.08. The Hall–Kier alpha value is -2.67. The van der Waals surface area contributed by atoms with Gasteiger partial charge in [0.1, 0.15) is 23.3 Å². The van der Waals surface area contributed by atoms with Crippen molar-refractivity contribution in [1.82, 2.24) is 9.55 Å². The minimum atomic E-state index is -5.12. The lowest BCUT2D eigenvalue weighted by atomic mass is 10.1. The largest absolute Gasteiger partial charge is 0.479 e. The highest BCUT2D eigenvalue weighted by Gasteiger charge is 2.46. The Morgan fingerprint density at radius 3 is 2.40 bits per heavy atom. The third-order valence-corrected chi connectivity index (χ3v) is 10.6. The summed E-state index contributed by atoms with van der Waals surface area (Å²) in [6.45, 7) is -0.788. The van der Waals surface area contributed by atoms with E-state index in [9.17, 15) is 33.9 Å². The molecule has 1 saturated heterocycles. The van der Waals surface area contributed by atoms with Crippen molar-refractivity contribution in [2.45, 2.75) is 41.5 Å². The molecule has 0 bridgehead atoms. The van der Waals surface area contributed by atoms with Crippen molar-refractivity contribution in [2.24, 2.45) is 0 Å². The van der Waals surface area contributed by atoms with Crippen molar-refractivity contribution >= 4 is 38.0 Å². The van der Waals surface area contributed by atoms with Gasteiger partial charge in [0.2, 0.25) is 0 Å². The molecule has 1 aliphatic heterocycles. The topological polar surface area (TPSA) is 178 Å².